The van der Waals surface area contributed by atoms with Crippen LogP contribution in [0, 0.1) is 13.8 Å². The summed E-state index contributed by atoms with van der Waals surface area (Å²) in [6.45, 7) is 5.97. The SMILES string of the molecule is CCOC(=O)C(Oc1cc(C)cs1)Oc1cc(C)cs1. The number of carbonyl (C=O) groups excluding carboxylic acids is 1. The zero-order valence-electron chi connectivity index (χ0n) is 11.5. The van der Waals surface area contributed by atoms with Gasteiger partial charge in [0.25, 0.3) is 0 Å². The van der Waals surface area contributed by atoms with E-state index >= 15 is 0 Å². The molecule has 0 aliphatic heterocycles. The molecule has 2 heterocycles. The predicted octanol–water partition coefficient (Wildman–Crippen LogP) is 3.77. The number of hydrogen-bond donors (Lipinski definition) is 0. The van der Waals surface area contributed by atoms with Crippen molar-refractivity contribution in [3.8, 4) is 10.1 Å². The summed E-state index contributed by atoms with van der Waals surface area (Å²) < 4.78 is 16.2. The summed E-state index contributed by atoms with van der Waals surface area (Å²) in [6, 6.07) is 3.72. The van der Waals surface area contributed by atoms with Gasteiger partial charge in [0, 0.05) is 0 Å². The lowest BCUT2D eigenvalue weighted by molar-refractivity contribution is -0.164. The quantitative estimate of drug-likeness (QED) is 0.601. The molecule has 108 valence electrons. The molecule has 0 atom stereocenters. The van der Waals surface area contributed by atoms with Crippen LogP contribution in [-0.2, 0) is 9.53 Å². The molecule has 0 saturated heterocycles. The first-order valence-electron chi connectivity index (χ1n) is 6.18. The van der Waals surface area contributed by atoms with Gasteiger partial charge in [-0.1, -0.05) is 0 Å². The highest BCUT2D eigenvalue weighted by atomic mass is 32.1. The highest BCUT2D eigenvalue weighted by Crippen LogP contribution is 2.27. The lowest BCUT2D eigenvalue weighted by Crippen LogP contribution is -2.34. The third kappa shape index (κ3) is 3.98. The van der Waals surface area contributed by atoms with E-state index in [2.05, 4.69) is 0 Å². The summed E-state index contributed by atoms with van der Waals surface area (Å²) in [6.07, 6.45) is -1.08. The lowest BCUT2D eigenvalue weighted by atomic mass is 10.4. The average Bonchev–Trinajstić information content (AvgIpc) is 2.98. The van der Waals surface area contributed by atoms with Crippen molar-refractivity contribution in [2.45, 2.75) is 27.1 Å². The van der Waals surface area contributed by atoms with Crippen LogP contribution in [0.2, 0.25) is 0 Å². The van der Waals surface area contributed by atoms with Crippen molar-refractivity contribution in [2.24, 2.45) is 0 Å². The molecule has 6 heteroatoms. The van der Waals surface area contributed by atoms with Gasteiger partial charge in [0.05, 0.1) is 6.61 Å². The summed E-state index contributed by atoms with van der Waals surface area (Å²) in [7, 11) is 0. The second-order valence-electron chi connectivity index (χ2n) is 4.21. The van der Waals surface area contributed by atoms with Crippen LogP contribution in [0.3, 0.4) is 0 Å². The molecule has 0 spiro atoms. The molecule has 0 radical (unpaired) electrons. The highest BCUT2D eigenvalue weighted by molar-refractivity contribution is 7.12. The van der Waals surface area contributed by atoms with Crippen molar-refractivity contribution >= 4 is 28.6 Å². The molecule has 0 N–H and O–H groups in total. The molecule has 0 unspecified atom stereocenters. The average molecular weight is 312 g/mol. The Hall–Kier alpha value is -1.53. The van der Waals surface area contributed by atoms with Crippen LogP contribution in [0.4, 0.5) is 0 Å². The highest BCUT2D eigenvalue weighted by Gasteiger charge is 2.25. The van der Waals surface area contributed by atoms with Gasteiger partial charge in [-0.05, 0) is 54.8 Å². The van der Waals surface area contributed by atoms with E-state index in [1.165, 1.54) is 22.7 Å². The van der Waals surface area contributed by atoms with Crippen molar-refractivity contribution < 1.29 is 19.0 Å². The first-order chi connectivity index (χ1) is 9.58. The second kappa shape index (κ2) is 6.76. The van der Waals surface area contributed by atoms with Crippen molar-refractivity contribution in [1.29, 1.82) is 0 Å². The molecule has 0 fully saturated rings. The summed E-state index contributed by atoms with van der Waals surface area (Å²) in [5.41, 5.74) is 2.17. The summed E-state index contributed by atoms with van der Waals surface area (Å²) in [4.78, 5) is 11.9. The number of thiophene rings is 2. The minimum Gasteiger partial charge on any atom is -0.460 e. The minimum absolute atomic E-state index is 0.287. The zero-order chi connectivity index (χ0) is 14.5. The van der Waals surface area contributed by atoms with Gasteiger partial charge in [-0.15, -0.1) is 22.7 Å². The second-order valence-corrected chi connectivity index (χ2v) is 5.95. The van der Waals surface area contributed by atoms with Gasteiger partial charge in [-0.2, -0.15) is 0 Å². The van der Waals surface area contributed by atoms with E-state index in [4.69, 9.17) is 14.2 Å². The van der Waals surface area contributed by atoms with Crippen LogP contribution in [0.5, 0.6) is 10.1 Å². The van der Waals surface area contributed by atoms with E-state index in [0.717, 1.165) is 11.1 Å². The van der Waals surface area contributed by atoms with Crippen LogP contribution in [-0.4, -0.2) is 18.9 Å². The van der Waals surface area contributed by atoms with E-state index in [0.29, 0.717) is 10.1 Å². The Kier molecular flexibility index (Phi) is 5.03. The van der Waals surface area contributed by atoms with Gasteiger partial charge >= 0.3 is 12.3 Å². The molecular formula is C14H16O4S2. The van der Waals surface area contributed by atoms with Gasteiger partial charge in [0.2, 0.25) is 0 Å². The molecule has 0 saturated carbocycles. The van der Waals surface area contributed by atoms with Gasteiger partial charge in [-0.3, -0.25) is 0 Å². The normalized spacial score (nSPS) is 10.6. The number of rotatable bonds is 6. The van der Waals surface area contributed by atoms with Gasteiger partial charge in [0.1, 0.15) is 0 Å². The molecule has 2 aromatic heterocycles. The first-order valence-corrected chi connectivity index (χ1v) is 7.94. The smallest absolute Gasteiger partial charge is 0.389 e. The molecule has 0 aromatic carbocycles. The standard InChI is InChI=1S/C14H16O4S2/c1-4-16-13(15)14(17-11-5-9(2)7-19-11)18-12-6-10(3)8-20-12/h5-8,14H,4H2,1-3H3. The summed E-state index contributed by atoms with van der Waals surface area (Å²) in [5.74, 6) is -0.524. The zero-order valence-corrected chi connectivity index (χ0v) is 13.2. The predicted molar refractivity (Wildman–Crippen MR) is 79.8 cm³/mol. The monoisotopic (exact) mass is 312 g/mol. The topological polar surface area (TPSA) is 44.8 Å². The van der Waals surface area contributed by atoms with E-state index < -0.39 is 12.3 Å². The third-order valence-corrected chi connectivity index (χ3v) is 4.21. The van der Waals surface area contributed by atoms with Gasteiger partial charge in [0.15, 0.2) is 10.1 Å². The molecule has 2 rings (SSSR count). The Balaban J connectivity index is 2.09. The van der Waals surface area contributed by atoms with Crippen LogP contribution < -0.4 is 9.47 Å². The fourth-order valence-electron chi connectivity index (χ4n) is 1.48. The summed E-state index contributed by atoms with van der Waals surface area (Å²) >= 11 is 2.85. The van der Waals surface area contributed by atoms with Crippen LogP contribution >= 0.6 is 22.7 Å². The van der Waals surface area contributed by atoms with Crippen molar-refractivity contribution in [1.82, 2.24) is 0 Å². The van der Waals surface area contributed by atoms with E-state index in [1.54, 1.807) is 6.92 Å². The van der Waals surface area contributed by atoms with E-state index in [-0.39, 0.29) is 6.61 Å². The van der Waals surface area contributed by atoms with E-state index in [9.17, 15) is 4.79 Å². The number of ether oxygens (including phenoxy) is 3. The maximum atomic E-state index is 11.9. The molecule has 0 bridgehead atoms. The molecule has 4 nitrogen and oxygen atoms in total. The number of carbonyl (C=O) groups is 1. The Morgan fingerprint density at radius 1 is 1.10 bits per heavy atom. The number of hydrogen-bond acceptors (Lipinski definition) is 6. The van der Waals surface area contributed by atoms with Crippen molar-refractivity contribution in [3.63, 3.8) is 0 Å². The first kappa shape index (κ1) is 14.9. The van der Waals surface area contributed by atoms with Crippen molar-refractivity contribution in [3.05, 3.63) is 34.0 Å². The summed E-state index contributed by atoms with van der Waals surface area (Å²) in [5, 5.41) is 5.17. The fraction of sp³-hybridized carbons (Fsp3) is 0.357. The Morgan fingerprint density at radius 2 is 1.60 bits per heavy atom. The molecule has 0 aliphatic carbocycles. The maximum Gasteiger partial charge on any atom is 0.389 e. The van der Waals surface area contributed by atoms with Crippen LogP contribution in [0.15, 0.2) is 22.9 Å². The lowest BCUT2D eigenvalue weighted by Gasteiger charge is -2.16. The molecule has 0 amide bonds. The van der Waals surface area contributed by atoms with Crippen LogP contribution in [0.1, 0.15) is 18.1 Å². The largest absolute Gasteiger partial charge is 0.460 e. The minimum atomic E-state index is -1.08. The molecular weight excluding hydrogens is 296 g/mol. The number of aryl methyl sites for hydroxylation is 2. The van der Waals surface area contributed by atoms with Crippen molar-refractivity contribution in [2.75, 3.05) is 6.61 Å². The maximum absolute atomic E-state index is 11.9. The van der Waals surface area contributed by atoms with E-state index in [1.807, 2.05) is 36.7 Å². The molecule has 20 heavy (non-hydrogen) atoms. The fourth-order valence-corrected chi connectivity index (χ4v) is 3.01. The van der Waals surface area contributed by atoms with Gasteiger partial charge in [-0.25, -0.2) is 4.79 Å². The molecule has 2 aromatic rings. The Morgan fingerprint density at radius 3 is 1.95 bits per heavy atom. The third-order valence-electron chi connectivity index (χ3n) is 2.34. The Bertz CT molecular complexity index is 531. The molecule has 0 aliphatic rings. The van der Waals surface area contributed by atoms with Gasteiger partial charge < -0.3 is 14.2 Å². The number of esters is 1. The van der Waals surface area contributed by atoms with Crippen LogP contribution in [0.25, 0.3) is 0 Å². The Labute approximate surface area is 125 Å².